The molecular weight excluding hydrogens is 374 g/mol. The Morgan fingerprint density at radius 2 is 1.86 bits per heavy atom. The highest BCUT2D eigenvalue weighted by Gasteiger charge is 2.57. The highest BCUT2D eigenvalue weighted by atomic mass is 19.1. The van der Waals surface area contributed by atoms with Gasteiger partial charge >= 0.3 is 0 Å². The van der Waals surface area contributed by atoms with Crippen molar-refractivity contribution < 1.29 is 13.6 Å². The van der Waals surface area contributed by atoms with E-state index in [0.29, 0.717) is 41.4 Å². The van der Waals surface area contributed by atoms with Gasteiger partial charge in [0.2, 0.25) is 0 Å². The van der Waals surface area contributed by atoms with Crippen LogP contribution in [0.4, 0.5) is 14.5 Å². The van der Waals surface area contributed by atoms with Gasteiger partial charge in [0.1, 0.15) is 11.6 Å². The molecule has 2 bridgehead atoms. The van der Waals surface area contributed by atoms with Crippen molar-refractivity contribution in [3.8, 4) is 11.1 Å². The Labute approximate surface area is 168 Å². The number of hydrogen-bond donors (Lipinski definition) is 2. The summed E-state index contributed by atoms with van der Waals surface area (Å²) in [4.78, 5) is 19.4. The highest BCUT2D eigenvalue weighted by molar-refractivity contribution is 6.03. The molecule has 1 amide bonds. The van der Waals surface area contributed by atoms with Gasteiger partial charge in [-0.3, -0.25) is 9.78 Å². The van der Waals surface area contributed by atoms with Crippen molar-refractivity contribution in [2.24, 2.45) is 17.6 Å². The number of aromatic nitrogens is 1. The molecule has 1 unspecified atom stereocenters. The van der Waals surface area contributed by atoms with E-state index in [1.807, 2.05) is 6.92 Å². The van der Waals surface area contributed by atoms with Gasteiger partial charge in [-0.05, 0) is 49.8 Å². The van der Waals surface area contributed by atoms with Gasteiger partial charge in [0.05, 0.1) is 11.3 Å². The molecule has 2 aromatic rings. The lowest BCUT2D eigenvalue weighted by Crippen LogP contribution is -2.68. The largest absolute Gasteiger partial charge is 0.369 e. The summed E-state index contributed by atoms with van der Waals surface area (Å²) in [6, 6.07) is 3.43. The molecule has 3 N–H and O–H groups in total. The van der Waals surface area contributed by atoms with Crippen molar-refractivity contribution in [3.05, 3.63) is 47.8 Å². The molecule has 1 aromatic carbocycles. The minimum atomic E-state index is -0.660. The third kappa shape index (κ3) is 3.08. The van der Waals surface area contributed by atoms with Crippen LogP contribution in [0.25, 0.3) is 11.1 Å². The van der Waals surface area contributed by atoms with Gasteiger partial charge in [0, 0.05) is 54.6 Å². The number of nitrogens with two attached hydrogens (primary N) is 1. The molecular formula is C22H24F2N4O. The van der Waals surface area contributed by atoms with Gasteiger partial charge in [-0.2, -0.15) is 0 Å². The maximum Gasteiger partial charge on any atom is 0.255 e. The first-order chi connectivity index (χ1) is 13.8. The molecule has 2 heterocycles. The maximum atomic E-state index is 13.9. The Bertz CT molecular complexity index is 950. The molecule has 5 nitrogen and oxygen atoms in total. The summed E-state index contributed by atoms with van der Waals surface area (Å²) in [5.41, 5.74) is 7.99. The number of amides is 1. The number of carbonyl (C=O) groups excluding carboxylic acids is 1. The zero-order chi connectivity index (χ0) is 20.3. The fraction of sp³-hybridized carbons (Fsp3) is 0.455. The molecule has 4 aliphatic rings. The molecule has 1 aromatic heterocycles. The fourth-order valence-corrected chi connectivity index (χ4v) is 4.85. The van der Waals surface area contributed by atoms with Crippen LogP contribution in [0.2, 0.25) is 0 Å². The second kappa shape index (κ2) is 6.49. The summed E-state index contributed by atoms with van der Waals surface area (Å²) in [7, 11) is 0. The van der Waals surface area contributed by atoms with E-state index in [9.17, 15) is 13.6 Å². The summed E-state index contributed by atoms with van der Waals surface area (Å²) in [6.45, 7) is 3.35. The molecule has 4 fully saturated rings. The van der Waals surface area contributed by atoms with Crippen molar-refractivity contribution in [1.29, 1.82) is 0 Å². The van der Waals surface area contributed by atoms with Crippen LogP contribution in [0.3, 0.4) is 0 Å². The van der Waals surface area contributed by atoms with Crippen molar-refractivity contribution in [1.82, 2.24) is 10.3 Å². The lowest BCUT2D eigenvalue weighted by Gasteiger charge is -2.61. The number of hydrogen-bond acceptors (Lipinski definition) is 4. The average molecular weight is 398 g/mol. The molecule has 0 spiro atoms. The smallest absolute Gasteiger partial charge is 0.255 e. The number of nitrogens with one attached hydrogen (secondary N) is 1. The number of benzene rings is 1. The van der Waals surface area contributed by atoms with Crippen LogP contribution < -0.4 is 16.0 Å². The van der Waals surface area contributed by atoms with Crippen LogP contribution in [0.1, 0.15) is 36.5 Å². The minimum absolute atomic E-state index is 0.0428. The van der Waals surface area contributed by atoms with Gasteiger partial charge in [0.25, 0.3) is 5.91 Å². The van der Waals surface area contributed by atoms with E-state index >= 15 is 0 Å². The maximum absolute atomic E-state index is 13.9. The SMILES string of the molecule is CC(N)C1CN(c2c(C(=O)NC34CC(C3)C4)cncc2-c2cc(F)cc(F)c2)C1. The zero-order valence-corrected chi connectivity index (χ0v) is 16.3. The van der Waals surface area contributed by atoms with E-state index in [2.05, 4.69) is 15.2 Å². The summed E-state index contributed by atoms with van der Waals surface area (Å²) in [6.07, 6.45) is 6.22. The third-order valence-electron chi connectivity index (χ3n) is 6.72. The van der Waals surface area contributed by atoms with Gasteiger partial charge in [-0.25, -0.2) is 8.78 Å². The Hall–Kier alpha value is -2.54. The predicted octanol–water partition coefficient (Wildman–Crippen LogP) is 3.09. The molecule has 6 rings (SSSR count). The number of anilines is 1. The lowest BCUT2D eigenvalue weighted by atomic mass is 9.50. The molecule has 3 aliphatic carbocycles. The highest BCUT2D eigenvalue weighted by Crippen LogP contribution is 2.57. The zero-order valence-electron chi connectivity index (χ0n) is 16.3. The molecule has 1 saturated heterocycles. The number of rotatable bonds is 5. The molecule has 3 saturated carbocycles. The molecule has 7 heteroatoms. The summed E-state index contributed by atoms with van der Waals surface area (Å²) in [5, 5.41) is 3.18. The van der Waals surface area contributed by atoms with Crippen LogP contribution in [-0.4, -0.2) is 35.6 Å². The van der Waals surface area contributed by atoms with E-state index in [4.69, 9.17) is 5.73 Å². The Kier molecular flexibility index (Phi) is 4.13. The fourth-order valence-electron chi connectivity index (χ4n) is 4.85. The van der Waals surface area contributed by atoms with Crippen molar-refractivity contribution in [2.75, 3.05) is 18.0 Å². The molecule has 1 aliphatic heterocycles. The predicted molar refractivity (Wildman–Crippen MR) is 106 cm³/mol. The first-order valence-corrected chi connectivity index (χ1v) is 10.1. The monoisotopic (exact) mass is 398 g/mol. The van der Waals surface area contributed by atoms with Crippen LogP contribution in [0.5, 0.6) is 0 Å². The van der Waals surface area contributed by atoms with E-state index in [1.165, 1.54) is 12.1 Å². The topological polar surface area (TPSA) is 71.2 Å². The number of nitrogens with zero attached hydrogens (tertiary/aromatic N) is 2. The van der Waals surface area contributed by atoms with Crippen molar-refractivity contribution in [2.45, 2.75) is 37.8 Å². The van der Waals surface area contributed by atoms with Gasteiger partial charge < -0.3 is 16.0 Å². The van der Waals surface area contributed by atoms with Crippen LogP contribution in [0, 0.1) is 23.5 Å². The van der Waals surface area contributed by atoms with Crippen LogP contribution in [-0.2, 0) is 0 Å². The lowest BCUT2D eigenvalue weighted by molar-refractivity contribution is -0.0438. The van der Waals surface area contributed by atoms with Crippen LogP contribution >= 0.6 is 0 Å². The number of carbonyl (C=O) groups is 1. The third-order valence-corrected chi connectivity index (χ3v) is 6.72. The normalized spacial score (nSPS) is 26.2. The average Bonchev–Trinajstić information content (AvgIpc) is 2.54. The molecule has 152 valence electrons. The van der Waals surface area contributed by atoms with Crippen molar-refractivity contribution >= 4 is 11.6 Å². The Morgan fingerprint density at radius 3 is 2.41 bits per heavy atom. The Morgan fingerprint density at radius 1 is 1.21 bits per heavy atom. The summed E-state index contributed by atoms with van der Waals surface area (Å²) >= 11 is 0. The van der Waals surface area contributed by atoms with Gasteiger partial charge in [-0.15, -0.1) is 0 Å². The minimum Gasteiger partial charge on any atom is -0.369 e. The second-order valence-electron chi connectivity index (χ2n) is 8.98. The summed E-state index contributed by atoms with van der Waals surface area (Å²) < 4.78 is 27.8. The van der Waals surface area contributed by atoms with Gasteiger partial charge in [0.15, 0.2) is 0 Å². The van der Waals surface area contributed by atoms with Crippen molar-refractivity contribution in [3.63, 3.8) is 0 Å². The van der Waals surface area contributed by atoms with Crippen LogP contribution in [0.15, 0.2) is 30.6 Å². The summed E-state index contributed by atoms with van der Waals surface area (Å²) in [5.74, 6) is -0.433. The van der Waals surface area contributed by atoms with Gasteiger partial charge in [-0.1, -0.05) is 0 Å². The Balaban J connectivity index is 1.54. The van der Waals surface area contributed by atoms with E-state index < -0.39 is 11.6 Å². The van der Waals surface area contributed by atoms with E-state index in [-0.39, 0.29) is 17.5 Å². The molecule has 1 atom stereocenters. The van der Waals surface area contributed by atoms with E-state index in [1.54, 1.807) is 12.4 Å². The standard InChI is InChI=1S/C22H24F2N4O/c1-12(25)15-10-28(11-15)20-18(14-2-16(23)4-17(24)3-14)8-26-9-19(20)21(29)27-22-5-13(6-22)7-22/h2-4,8-9,12-13,15H,5-7,10-11,25H2,1H3,(H,27,29). The molecule has 0 radical (unpaired) electrons. The first-order valence-electron chi connectivity index (χ1n) is 10.1. The second-order valence-corrected chi connectivity index (χ2v) is 8.98. The van der Waals surface area contributed by atoms with E-state index in [0.717, 1.165) is 31.2 Å². The first kappa shape index (κ1) is 18.5. The number of pyridine rings is 1. The molecule has 29 heavy (non-hydrogen) atoms. The number of halogens is 2. The quantitative estimate of drug-likeness (QED) is 0.812.